The molecule has 2 aromatic carbocycles. The van der Waals surface area contributed by atoms with Crippen molar-refractivity contribution in [3.8, 4) is 17.2 Å². The number of carbonyl (C=O) groups is 1. The molecule has 2 aliphatic rings. The lowest BCUT2D eigenvalue weighted by Crippen LogP contribution is -2.25. The Morgan fingerprint density at radius 2 is 1.81 bits per heavy atom. The quantitative estimate of drug-likeness (QED) is 0.729. The summed E-state index contributed by atoms with van der Waals surface area (Å²) in [5.41, 5.74) is 1.45. The number of methoxy groups -OCH3 is 1. The SMILES string of the molecule is COc1ccc2c(c1)O/C(=C\c1ccc(OCCN3CCCC3)cc1)C2=O. The van der Waals surface area contributed by atoms with Gasteiger partial charge in [-0.2, -0.15) is 0 Å². The first-order chi connectivity index (χ1) is 13.2. The third-order valence-electron chi connectivity index (χ3n) is 4.93. The molecule has 0 aliphatic carbocycles. The Morgan fingerprint density at radius 1 is 1.07 bits per heavy atom. The van der Waals surface area contributed by atoms with Gasteiger partial charge in [-0.15, -0.1) is 0 Å². The second-order valence-electron chi connectivity index (χ2n) is 6.77. The van der Waals surface area contributed by atoms with Crippen LogP contribution in [-0.4, -0.2) is 44.0 Å². The zero-order valence-corrected chi connectivity index (χ0v) is 15.4. The van der Waals surface area contributed by atoms with Crippen molar-refractivity contribution >= 4 is 11.9 Å². The number of ether oxygens (including phenoxy) is 3. The fourth-order valence-corrected chi connectivity index (χ4v) is 3.40. The molecule has 0 atom stereocenters. The van der Waals surface area contributed by atoms with Crippen molar-refractivity contribution in [2.45, 2.75) is 12.8 Å². The largest absolute Gasteiger partial charge is 0.497 e. The summed E-state index contributed by atoms with van der Waals surface area (Å²) in [6.45, 7) is 4.02. The first-order valence-electron chi connectivity index (χ1n) is 9.30. The Hall–Kier alpha value is -2.79. The fourth-order valence-electron chi connectivity index (χ4n) is 3.40. The van der Waals surface area contributed by atoms with Crippen molar-refractivity contribution in [1.29, 1.82) is 0 Å². The number of allylic oxidation sites excluding steroid dienone is 1. The number of carbonyl (C=O) groups excluding carboxylic acids is 1. The summed E-state index contributed by atoms with van der Waals surface area (Å²) in [5.74, 6) is 2.24. The molecule has 5 heteroatoms. The molecular formula is C22H23NO4. The van der Waals surface area contributed by atoms with Crippen molar-refractivity contribution in [3.05, 3.63) is 59.4 Å². The van der Waals surface area contributed by atoms with Gasteiger partial charge in [-0.1, -0.05) is 12.1 Å². The fraction of sp³-hybridized carbons (Fsp3) is 0.318. The van der Waals surface area contributed by atoms with Crippen LogP contribution in [0.25, 0.3) is 6.08 Å². The summed E-state index contributed by atoms with van der Waals surface area (Å²) in [6, 6.07) is 12.9. The highest BCUT2D eigenvalue weighted by Crippen LogP contribution is 2.34. The van der Waals surface area contributed by atoms with Crippen molar-refractivity contribution in [1.82, 2.24) is 4.90 Å². The topological polar surface area (TPSA) is 48.0 Å². The maximum Gasteiger partial charge on any atom is 0.231 e. The molecule has 0 aromatic heterocycles. The normalized spacial score (nSPS) is 17.8. The molecule has 0 bridgehead atoms. The van der Waals surface area contributed by atoms with E-state index < -0.39 is 0 Å². The Balaban J connectivity index is 1.38. The molecule has 0 amide bonds. The summed E-state index contributed by atoms with van der Waals surface area (Å²) in [7, 11) is 1.59. The predicted octanol–water partition coefficient (Wildman–Crippen LogP) is 3.79. The monoisotopic (exact) mass is 365 g/mol. The molecule has 140 valence electrons. The van der Waals surface area contributed by atoms with E-state index in [9.17, 15) is 4.79 Å². The van der Waals surface area contributed by atoms with Crippen LogP contribution in [0.1, 0.15) is 28.8 Å². The number of nitrogens with zero attached hydrogens (tertiary/aromatic N) is 1. The highest BCUT2D eigenvalue weighted by atomic mass is 16.5. The number of Topliss-reactive ketones (excluding diaryl/α,β-unsaturated/α-hetero) is 1. The van der Waals surface area contributed by atoms with Gasteiger partial charge in [0, 0.05) is 12.6 Å². The minimum Gasteiger partial charge on any atom is -0.497 e. The number of benzene rings is 2. The molecule has 2 heterocycles. The molecule has 1 fully saturated rings. The number of hydrogen-bond donors (Lipinski definition) is 0. The van der Waals surface area contributed by atoms with Crippen LogP contribution in [0, 0.1) is 0 Å². The summed E-state index contributed by atoms with van der Waals surface area (Å²) >= 11 is 0. The van der Waals surface area contributed by atoms with E-state index in [1.54, 1.807) is 31.4 Å². The molecule has 0 N–H and O–H groups in total. The maximum absolute atomic E-state index is 12.5. The van der Waals surface area contributed by atoms with Crippen molar-refractivity contribution in [2.75, 3.05) is 33.4 Å². The van der Waals surface area contributed by atoms with E-state index in [4.69, 9.17) is 14.2 Å². The summed E-state index contributed by atoms with van der Waals surface area (Å²) in [4.78, 5) is 14.9. The molecule has 0 spiro atoms. The van der Waals surface area contributed by atoms with Gasteiger partial charge in [0.05, 0.1) is 12.7 Å². The van der Waals surface area contributed by atoms with Gasteiger partial charge in [0.15, 0.2) is 5.76 Å². The predicted molar refractivity (Wildman–Crippen MR) is 104 cm³/mol. The van der Waals surface area contributed by atoms with Gasteiger partial charge in [0.1, 0.15) is 23.9 Å². The zero-order valence-electron chi connectivity index (χ0n) is 15.4. The van der Waals surface area contributed by atoms with Crippen LogP contribution in [0.15, 0.2) is 48.2 Å². The van der Waals surface area contributed by atoms with E-state index >= 15 is 0 Å². The van der Waals surface area contributed by atoms with E-state index in [0.717, 1.165) is 17.9 Å². The zero-order chi connectivity index (χ0) is 18.6. The standard InChI is InChI=1S/C22H23NO4/c1-25-18-8-9-19-20(15-18)27-21(22(19)24)14-16-4-6-17(7-5-16)26-13-12-23-10-2-3-11-23/h4-9,14-15H,2-3,10-13H2,1H3/b21-14-. The molecule has 4 rings (SSSR count). The van der Waals surface area contributed by atoms with Crippen LogP contribution in [0.2, 0.25) is 0 Å². The second-order valence-corrected chi connectivity index (χ2v) is 6.77. The average molecular weight is 365 g/mol. The van der Waals surface area contributed by atoms with Gasteiger partial charge >= 0.3 is 0 Å². The Labute approximate surface area is 159 Å². The third kappa shape index (κ3) is 3.98. The van der Waals surface area contributed by atoms with Crippen LogP contribution >= 0.6 is 0 Å². The van der Waals surface area contributed by atoms with Gasteiger partial charge in [-0.25, -0.2) is 0 Å². The van der Waals surface area contributed by atoms with E-state index in [0.29, 0.717) is 29.4 Å². The molecule has 2 aliphatic heterocycles. The molecule has 2 aromatic rings. The molecule has 0 unspecified atom stereocenters. The van der Waals surface area contributed by atoms with Gasteiger partial charge < -0.3 is 14.2 Å². The van der Waals surface area contributed by atoms with Crippen LogP contribution in [-0.2, 0) is 0 Å². The second kappa shape index (κ2) is 7.84. The van der Waals surface area contributed by atoms with Crippen LogP contribution in [0.5, 0.6) is 17.2 Å². The molecule has 0 radical (unpaired) electrons. The Kier molecular flexibility index (Phi) is 5.12. The van der Waals surface area contributed by atoms with Crippen molar-refractivity contribution in [2.24, 2.45) is 0 Å². The van der Waals surface area contributed by atoms with Crippen molar-refractivity contribution in [3.63, 3.8) is 0 Å². The third-order valence-corrected chi connectivity index (χ3v) is 4.93. The average Bonchev–Trinajstić information content (AvgIpc) is 3.31. The van der Waals surface area contributed by atoms with Crippen molar-refractivity contribution < 1.29 is 19.0 Å². The molecule has 27 heavy (non-hydrogen) atoms. The molecule has 0 saturated carbocycles. The summed E-state index contributed by atoms with van der Waals surface area (Å²) in [6.07, 6.45) is 4.34. The van der Waals surface area contributed by atoms with Gasteiger partial charge in [0.2, 0.25) is 5.78 Å². The van der Waals surface area contributed by atoms with E-state index in [2.05, 4.69) is 4.90 Å². The van der Waals surface area contributed by atoms with E-state index in [1.165, 1.54) is 25.9 Å². The number of fused-ring (bicyclic) bond motifs is 1. The minimum atomic E-state index is -0.112. The lowest BCUT2D eigenvalue weighted by Gasteiger charge is -2.14. The van der Waals surface area contributed by atoms with E-state index in [-0.39, 0.29) is 5.78 Å². The number of likely N-dealkylation sites (tertiary alicyclic amines) is 1. The van der Waals surface area contributed by atoms with E-state index in [1.807, 2.05) is 24.3 Å². The van der Waals surface area contributed by atoms with Gasteiger partial charge in [0.25, 0.3) is 0 Å². The number of hydrogen-bond acceptors (Lipinski definition) is 5. The lowest BCUT2D eigenvalue weighted by atomic mass is 10.1. The summed E-state index contributed by atoms with van der Waals surface area (Å²) < 4.78 is 16.7. The first kappa shape index (κ1) is 17.6. The highest BCUT2D eigenvalue weighted by molar-refractivity contribution is 6.14. The van der Waals surface area contributed by atoms with Gasteiger partial charge in [-0.05, 0) is 61.8 Å². The highest BCUT2D eigenvalue weighted by Gasteiger charge is 2.27. The Bertz CT molecular complexity index is 851. The van der Waals surface area contributed by atoms with Crippen LogP contribution in [0.3, 0.4) is 0 Å². The van der Waals surface area contributed by atoms with Gasteiger partial charge in [-0.3, -0.25) is 9.69 Å². The molecule has 1 saturated heterocycles. The first-order valence-corrected chi connectivity index (χ1v) is 9.30. The van der Waals surface area contributed by atoms with Crippen LogP contribution < -0.4 is 14.2 Å². The molecular weight excluding hydrogens is 342 g/mol. The van der Waals surface area contributed by atoms with Crippen LogP contribution in [0.4, 0.5) is 0 Å². The minimum absolute atomic E-state index is 0.112. The number of ketones is 1. The maximum atomic E-state index is 12.5. The summed E-state index contributed by atoms with van der Waals surface area (Å²) in [5, 5.41) is 0. The smallest absolute Gasteiger partial charge is 0.231 e. The Morgan fingerprint density at radius 3 is 2.56 bits per heavy atom. The lowest BCUT2D eigenvalue weighted by molar-refractivity contribution is 0.101. The molecule has 5 nitrogen and oxygen atoms in total. The number of rotatable bonds is 6.